The number of hydrogen-bond acceptors (Lipinski definition) is 3. The highest BCUT2D eigenvalue weighted by molar-refractivity contribution is 5.57. The summed E-state index contributed by atoms with van der Waals surface area (Å²) in [6.45, 7) is 9.00. The summed E-state index contributed by atoms with van der Waals surface area (Å²) in [6.07, 6.45) is 3.36. The number of rotatable bonds is 3. The van der Waals surface area contributed by atoms with Gasteiger partial charge in [-0.3, -0.25) is 0 Å². The Balaban J connectivity index is 1.68. The van der Waals surface area contributed by atoms with Crippen molar-refractivity contribution in [3.63, 3.8) is 0 Å². The zero-order chi connectivity index (χ0) is 13.3. The predicted octanol–water partition coefficient (Wildman–Crippen LogP) is 2.91. The number of fused-ring (bicyclic) bond motifs is 1. The third kappa shape index (κ3) is 2.71. The molecule has 2 aliphatic rings. The lowest BCUT2D eigenvalue weighted by Gasteiger charge is -2.39. The van der Waals surface area contributed by atoms with Crippen LogP contribution in [-0.2, 0) is 6.42 Å². The molecule has 2 aliphatic heterocycles. The van der Waals surface area contributed by atoms with Gasteiger partial charge in [0.15, 0.2) is 0 Å². The summed E-state index contributed by atoms with van der Waals surface area (Å²) in [7, 11) is 0. The molecule has 0 unspecified atom stereocenters. The molecule has 1 saturated heterocycles. The van der Waals surface area contributed by atoms with E-state index < -0.39 is 0 Å². The summed E-state index contributed by atoms with van der Waals surface area (Å²) in [5.74, 6) is 1.04. The Bertz CT molecular complexity index is 450. The average molecular weight is 260 g/mol. The largest absolute Gasteiger partial charge is 0.487 e. The number of piperidine rings is 1. The van der Waals surface area contributed by atoms with E-state index in [1.165, 1.54) is 11.3 Å². The SMILES string of the molecule is CCN1CCC(C)(Oc2ccc3c(c2)CCN3)CC1. The van der Waals surface area contributed by atoms with Crippen LogP contribution in [0.2, 0.25) is 0 Å². The molecule has 0 atom stereocenters. The maximum absolute atomic E-state index is 6.31. The Kier molecular flexibility index (Phi) is 3.40. The Morgan fingerprint density at radius 1 is 1.32 bits per heavy atom. The third-order valence-electron chi connectivity index (χ3n) is 4.51. The van der Waals surface area contributed by atoms with Crippen LogP contribution in [0.3, 0.4) is 0 Å². The lowest BCUT2D eigenvalue weighted by Crippen LogP contribution is -2.45. The molecule has 0 spiro atoms. The van der Waals surface area contributed by atoms with Crippen molar-refractivity contribution in [1.82, 2.24) is 4.90 Å². The van der Waals surface area contributed by atoms with E-state index in [9.17, 15) is 0 Å². The molecule has 1 aromatic carbocycles. The van der Waals surface area contributed by atoms with Gasteiger partial charge in [-0.2, -0.15) is 0 Å². The van der Waals surface area contributed by atoms with Gasteiger partial charge in [0.2, 0.25) is 0 Å². The molecule has 0 bridgehead atoms. The highest BCUT2D eigenvalue weighted by atomic mass is 16.5. The first-order valence-electron chi connectivity index (χ1n) is 7.47. The number of anilines is 1. The molecular formula is C16H24N2O. The number of likely N-dealkylation sites (tertiary alicyclic amines) is 1. The van der Waals surface area contributed by atoms with Gasteiger partial charge in [0, 0.05) is 25.3 Å². The Morgan fingerprint density at radius 2 is 2.11 bits per heavy atom. The topological polar surface area (TPSA) is 24.5 Å². The first kappa shape index (κ1) is 12.8. The lowest BCUT2D eigenvalue weighted by atomic mass is 9.93. The Labute approximate surface area is 115 Å². The molecule has 0 saturated carbocycles. The van der Waals surface area contributed by atoms with Crippen LogP contribution in [0.25, 0.3) is 0 Å². The van der Waals surface area contributed by atoms with E-state index in [2.05, 4.69) is 42.3 Å². The van der Waals surface area contributed by atoms with Gasteiger partial charge in [-0.1, -0.05) is 6.92 Å². The van der Waals surface area contributed by atoms with E-state index in [0.717, 1.165) is 51.2 Å². The van der Waals surface area contributed by atoms with E-state index in [1.54, 1.807) is 0 Å². The summed E-state index contributed by atoms with van der Waals surface area (Å²) in [6, 6.07) is 6.48. The highest BCUT2D eigenvalue weighted by Gasteiger charge is 2.31. The molecule has 2 heterocycles. The van der Waals surface area contributed by atoms with Crippen molar-refractivity contribution >= 4 is 5.69 Å². The van der Waals surface area contributed by atoms with Gasteiger partial charge in [0.05, 0.1) is 0 Å². The predicted molar refractivity (Wildman–Crippen MR) is 79.0 cm³/mol. The molecule has 1 fully saturated rings. The molecular weight excluding hydrogens is 236 g/mol. The van der Waals surface area contributed by atoms with Gasteiger partial charge in [0.25, 0.3) is 0 Å². The lowest BCUT2D eigenvalue weighted by molar-refractivity contribution is 0.0183. The molecule has 0 aromatic heterocycles. The summed E-state index contributed by atoms with van der Waals surface area (Å²) in [5, 5.41) is 3.39. The van der Waals surface area contributed by atoms with Crippen molar-refractivity contribution in [3.8, 4) is 5.75 Å². The van der Waals surface area contributed by atoms with Crippen molar-refractivity contribution in [2.24, 2.45) is 0 Å². The Hall–Kier alpha value is -1.22. The fourth-order valence-electron chi connectivity index (χ4n) is 3.07. The first-order valence-corrected chi connectivity index (χ1v) is 7.47. The molecule has 3 heteroatoms. The van der Waals surface area contributed by atoms with Crippen LogP contribution >= 0.6 is 0 Å². The molecule has 1 N–H and O–H groups in total. The molecule has 104 valence electrons. The minimum Gasteiger partial charge on any atom is -0.487 e. The van der Waals surface area contributed by atoms with Gasteiger partial charge in [-0.15, -0.1) is 0 Å². The van der Waals surface area contributed by atoms with E-state index in [-0.39, 0.29) is 5.60 Å². The second-order valence-corrected chi connectivity index (χ2v) is 5.98. The maximum Gasteiger partial charge on any atom is 0.120 e. The monoisotopic (exact) mass is 260 g/mol. The third-order valence-corrected chi connectivity index (χ3v) is 4.51. The van der Waals surface area contributed by atoms with E-state index in [1.807, 2.05) is 0 Å². The zero-order valence-corrected chi connectivity index (χ0v) is 12.0. The second-order valence-electron chi connectivity index (χ2n) is 5.98. The van der Waals surface area contributed by atoms with Crippen LogP contribution in [0.1, 0.15) is 32.3 Å². The normalized spacial score (nSPS) is 21.8. The van der Waals surface area contributed by atoms with Crippen molar-refractivity contribution in [1.29, 1.82) is 0 Å². The molecule has 0 aliphatic carbocycles. The summed E-state index contributed by atoms with van der Waals surface area (Å²) < 4.78 is 6.31. The molecule has 1 aromatic rings. The minimum atomic E-state index is 0.00589. The highest BCUT2D eigenvalue weighted by Crippen LogP contribution is 2.32. The fraction of sp³-hybridized carbons (Fsp3) is 0.625. The van der Waals surface area contributed by atoms with Crippen LogP contribution < -0.4 is 10.1 Å². The number of nitrogens with zero attached hydrogens (tertiary/aromatic N) is 1. The van der Waals surface area contributed by atoms with Gasteiger partial charge >= 0.3 is 0 Å². The average Bonchev–Trinajstić information content (AvgIpc) is 2.87. The standard InChI is InChI=1S/C16H24N2O/c1-3-18-10-7-16(2,8-11-18)19-14-4-5-15-13(12-14)6-9-17-15/h4-5,12,17H,3,6-11H2,1-2H3. The van der Waals surface area contributed by atoms with Crippen LogP contribution in [0.4, 0.5) is 5.69 Å². The van der Waals surface area contributed by atoms with Crippen molar-refractivity contribution in [2.45, 2.75) is 38.7 Å². The quantitative estimate of drug-likeness (QED) is 0.904. The van der Waals surface area contributed by atoms with Gasteiger partial charge in [-0.05, 0) is 56.5 Å². The Morgan fingerprint density at radius 3 is 2.84 bits per heavy atom. The van der Waals surface area contributed by atoms with Crippen LogP contribution in [0.5, 0.6) is 5.75 Å². The molecule has 0 radical (unpaired) electrons. The first-order chi connectivity index (χ1) is 9.18. The minimum absolute atomic E-state index is 0.00589. The van der Waals surface area contributed by atoms with Crippen molar-refractivity contribution < 1.29 is 4.74 Å². The van der Waals surface area contributed by atoms with Crippen LogP contribution in [0, 0.1) is 0 Å². The van der Waals surface area contributed by atoms with E-state index in [4.69, 9.17) is 4.74 Å². The summed E-state index contributed by atoms with van der Waals surface area (Å²) >= 11 is 0. The molecule has 0 amide bonds. The van der Waals surface area contributed by atoms with E-state index in [0.29, 0.717) is 0 Å². The van der Waals surface area contributed by atoms with Crippen molar-refractivity contribution in [3.05, 3.63) is 23.8 Å². The zero-order valence-electron chi connectivity index (χ0n) is 12.0. The second kappa shape index (κ2) is 5.04. The van der Waals surface area contributed by atoms with Gasteiger partial charge in [0.1, 0.15) is 11.4 Å². The van der Waals surface area contributed by atoms with Gasteiger partial charge < -0.3 is 15.0 Å². The van der Waals surface area contributed by atoms with Gasteiger partial charge in [-0.25, -0.2) is 0 Å². The number of hydrogen-bond donors (Lipinski definition) is 1. The van der Waals surface area contributed by atoms with Crippen molar-refractivity contribution in [2.75, 3.05) is 31.5 Å². The summed E-state index contributed by atoms with van der Waals surface area (Å²) in [5.41, 5.74) is 2.68. The molecule has 3 rings (SSSR count). The fourth-order valence-corrected chi connectivity index (χ4v) is 3.07. The smallest absolute Gasteiger partial charge is 0.120 e. The van der Waals surface area contributed by atoms with E-state index >= 15 is 0 Å². The van der Waals surface area contributed by atoms with Crippen LogP contribution in [-0.4, -0.2) is 36.7 Å². The molecule has 3 nitrogen and oxygen atoms in total. The molecule has 19 heavy (non-hydrogen) atoms. The number of ether oxygens (including phenoxy) is 1. The number of nitrogens with one attached hydrogen (secondary N) is 1. The summed E-state index contributed by atoms with van der Waals surface area (Å²) in [4.78, 5) is 2.50. The van der Waals surface area contributed by atoms with Crippen LogP contribution in [0.15, 0.2) is 18.2 Å². The number of benzene rings is 1. The maximum atomic E-state index is 6.31.